The number of nitro benzene ring substituents is 1. The standard InChI is InChI=1S/C19H15N3O5S/c1-9-4-13-14(5-10(9)2)21-18(24)16(28-19(21)20-13)7-11-6-12(22(25)26)8-15(27-3)17(11)23/h4-8,23H,1-3H3/b16-7-. The molecule has 0 unspecified atom stereocenters. The minimum absolute atomic E-state index is 0.0363. The van der Waals surface area contributed by atoms with Gasteiger partial charge in [0, 0.05) is 11.6 Å². The normalized spacial score (nSPS) is 12.2. The molecule has 0 amide bonds. The number of phenols is 1. The molecule has 2 aromatic heterocycles. The second-order valence-corrected chi connectivity index (χ2v) is 7.42. The Kier molecular flexibility index (Phi) is 4.04. The number of aryl methyl sites for hydroxylation is 2. The van der Waals surface area contributed by atoms with E-state index in [0.29, 0.717) is 15.0 Å². The molecular weight excluding hydrogens is 382 g/mol. The van der Waals surface area contributed by atoms with Crippen LogP contribution >= 0.6 is 11.3 Å². The van der Waals surface area contributed by atoms with Crippen molar-refractivity contribution in [1.29, 1.82) is 0 Å². The Morgan fingerprint density at radius 3 is 2.64 bits per heavy atom. The Labute approximate surface area is 162 Å². The lowest BCUT2D eigenvalue weighted by molar-refractivity contribution is -0.385. The smallest absolute Gasteiger partial charge is 0.274 e. The van der Waals surface area contributed by atoms with Crippen LogP contribution in [-0.4, -0.2) is 26.5 Å². The zero-order valence-corrected chi connectivity index (χ0v) is 16.0. The number of nitrogens with zero attached hydrogens (tertiary/aromatic N) is 3. The fourth-order valence-corrected chi connectivity index (χ4v) is 4.02. The molecule has 0 aliphatic carbocycles. The van der Waals surface area contributed by atoms with Gasteiger partial charge in [-0.2, -0.15) is 0 Å². The third kappa shape index (κ3) is 2.67. The lowest BCUT2D eigenvalue weighted by Gasteiger charge is -2.05. The molecule has 0 atom stereocenters. The first-order chi connectivity index (χ1) is 13.3. The van der Waals surface area contributed by atoms with E-state index in [2.05, 4.69) is 4.98 Å². The van der Waals surface area contributed by atoms with E-state index in [1.165, 1.54) is 23.7 Å². The quantitative estimate of drug-likeness (QED) is 0.421. The molecule has 4 aromatic rings. The van der Waals surface area contributed by atoms with Crippen LogP contribution in [0.1, 0.15) is 16.7 Å². The van der Waals surface area contributed by atoms with Gasteiger partial charge in [-0.1, -0.05) is 11.3 Å². The largest absolute Gasteiger partial charge is 0.504 e. The summed E-state index contributed by atoms with van der Waals surface area (Å²) in [5.41, 5.74) is 3.17. The number of aromatic hydroxyl groups is 1. The van der Waals surface area contributed by atoms with E-state index in [1.54, 1.807) is 0 Å². The van der Waals surface area contributed by atoms with Crippen LogP contribution < -0.4 is 14.8 Å². The fraction of sp³-hybridized carbons (Fsp3) is 0.158. The van der Waals surface area contributed by atoms with Gasteiger partial charge in [-0.05, 0) is 43.2 Å². The first-order valence-corrected chi connectivity index (χ1v) is 9.11. The summed E-state index contributed by atoms with van der Waals surface area (Å²) < 4.78 is 6.83. The second-order valence-electron chi connectivity index (χ2n) is 6.41. The predicted octanol–water partition coefficient (Wildman–Crippen LogP) is 2.70. The van der Waals surface area contributed by atoms with Gasteiger partial charge in [0.2, 0.25) is 0 Å². The predicted molar refractivity (Wildman–Crippen MR) is 106 cm³/mol. The van der Waals surface area contributed by atoms with Crippen LogP contribution in [-0.2, 0) is 0 Å². The molecule has 9 heteroatoms. The lowest BCUT2D eigenvalue weighted by atomic mass is 10.1. The highest BCUT2D eigenvalue weighted by Gasteiger charge is 2.17. The molecule has 0 bridgehead atoms. The molecule has 0 aliphatic heterocycles. The van der Waals surface area contributed by atoms with Crippen LogP contribution in [0.5, 0.6) is 11.5 Å². The van der Waals surface area contributed by atoms with Gasteiger partial charge < -0.3 is 9.84 Å². The third-order valence-electron chi connectivity index (χ3n) is 4.66. The Balaban J connectivity index is 2.00. The van der Waals surface area contributed by atoms with Gasteiger partial charge in [-0.15, -0.1) is 0 Å². The van der Waals surface area contributed by atoms with Crippen molar-refractivity contribution in [3.63, 3.8) is 0 Å². The summed E-state index contributed by atoms with van der Waals surface area (Å²) in [5, 5.41) is 21.5. The number of benzene rings is 2. The second kappa shape index (κ2) is 6.31. The lowest BCUT2D eigenvalue weighted by Crippen LogP contribution is -2.22. The summed E-state index contributed by atoms with van der Waals surface area (Å²) in [5.74, 6) is -0.305. The number of imidazole rings is 1. The van der Waals surface area contributed by atoms with Crippen LogP contribution in [0.25, 0.3) is 22.1 Å². The summed E-state index contributed by atoms with van der Waals surface area (Å²) in [6.07, 6.45) is 1.42. The average molecular weight is 397 g/mol. The van der Waals surface area contributed by atoms with Gasteiger partial charge in [0.25, 0.3) is 11.2 Å². The Morgan fingerprint density at radius 2 is 1.96 bits per heavy atom. The van der Waals surface area contributed by atoms with Crippen molar-refractivity contribution in [3.8, 4) is 11.5 Å². The van der Waals surface area contributed by atoms with Gasteiger partial charge in [-0.25, -0.2) is 9.38 Å². The van der Waals surface area contributed by atoms with Crippen LogP contribution in [0.2, 0.25) is 0 Å². The van der Waals surface area contributed by atoms with Crippen molar-refractivity contribution < 1.29 is 14.8 Å². The molecule has 0 saturated carbocycles. The zero-order chi connectivity index (χ0) is 20.2. The topological polar surface area (TPSA) is 107 Å². The summed E-state index contributed by atoms with van der Waals surface area (Å²) in [6, 6.07) is 6.18. The maximum absolute atomic E-state index is 12.9. The molecule has 0 saturated heterocycles. The Morgan fingerprint density at radius 1 is 1.25 bits per heavy atom. The molecule has 28 heavy (non-hydrogen) atoms. The van der Waals surface area contributed by atoms with Crippen LogP contribution in [0.3, 0.4) is 0 Å². The molecule has 0 aliphatic rings. The van der Waals surface area contributed by atoms with Crippen molar-refractivity contribution in [1.82, 2.24) is 9.38 Å². The third-order valence-corrected chi connectivity index (χ3v) is 5.63. The fourth-order valence-electron chi connectivity index (χ4n) is 3.05. The van der Waals surface area contributed by atoms with E-state index in [-0.39, 0.29) is 28.3 Å². The van der Waals surface area contributed by atoms with Crippen molar-refractivity contribution in [3.05, 3.63) is 66.0 Å². The van der Waals surface area contributed by atoms with Crippen molar-refractivity contribution in [2.45, 2.75) is 13.8 Å². The van der Waals surface area contributed by atoms with E-state index >= 15 is 0 Å². The van der Waals surface area contributed by atoms with Crippen LogP contribution in [0, 0.1) is 24.0 Å². The number of phenolic OH excluding ortho intramolecular Hbond substituents is 1. The summed E-state index contributed by atoms with van der Waals surface area (Å²) in [7, 11) is 1.30. The monoisotopic (exact) mass is 397 g/mol. The molecule has 2 heterocycles. The number of hydrogen-bond acceptors (Lipinski definition) is 7. The van der Waals surface area contributed by atoms with Gasteiger partial charge >= 0.3 is 0 Å². The highest BCUT2D eigenvalue weighted by Crippen LogP contribution is 2.35. The summed E-state index contributed by atoms with van der Waals surface area (Å²) in [4.78, 5) is 28.5. The number of fused-ring (bicyclic) bond motifs is 3. The number of non-ortho nitro benzene ring substituents is 1. The number of ether oxygens (including phenoxy) is 1. The van der Waals surface area contributed by atoms with Gasteiger partial charge in [0.15, 0.2) is 16.5 Å². The first-order valence-electron chi connectivity index (χ1n) is 8.29. The van der Waals surface area contributed by atoms with Crippen molar-refractivity contribution >= 4 is 39.1 Å². The molecule has 0 fully saturated rings. The van der Waals surface area contributed by atoms with E-state index in [1.807, 2.05) is 26.0 Å². The number of aromatic nitrogens is 2. The minimum atomic E-state index is -0.586. The molecule has 8 nitrogen and oxygen atoms in total. The van der Waals surface area contributed by atoms with E-state index < -0.39 is 4.92 Å². The highest BCUT2D eigenvalue weighted by molar-refractivity contribution is 7.15. The molecular formula is C19H15N3O5S. The number of rotatable bonds is 3. The van der Waals surface area contributed by atoms with Crippen LogP contribution in [0.15, 0.2) is 29.1 Å². The number of hydrogen-bond donors (Lipinski definition) is 1. The van der Waals surface area contributed by atoms with E-state index in [0.717, 1.165) is 34.0 Å². The molecule has 0 spiro atoms. The van der Waals surface area contributed by atoms with Gasteiger partial charge in [0.05, 0.1) is 33.7 Å². The molecule has 4 rings (SSSR count). The zero-order valence-electron chi connectivity index (χ0n) is 15.2. The van der Waals surface area contributed by atoms with E-state index in [4.69, 9.17) is 4.74 Å². The molecule has 1 N–H and O–H groups in total. The molecule has 142 valence electrons. The number of nitro groups is 1. The van der Waals surface area contributed by atoms with Gasteiger partial charge in [-0.3, -0.25) is 14.9 Å². The highest BCUT2D eigenvalue weighted by atomic mass is 32.1. The number of methoxy groups -OCH3 is 1. The van der Waals surface area contributed by atoms with Crippen LogP contribution in [0.4, 0.5) is 5.69 Å². The van der Waals surface area contributed by atoms with E-state index in [9.17, 15) is 20.0 Å². The van der Waals surface area contributed by atoms with Crippen molar-refractivity contribution in [2.75, 3.05) is 7.11 Å². The Hall–Kier alpha value is -3.46. The maximum Gasteiger partial charge on any atom is 0.274 e. The SMILES string of the molecule is COc1cc([N+](=O)[O-])cc(/C=c2\sc3nc4cc(C)c(C)cc4n3c2=O)c1O. The summed E-state index contributed by atoms with van der Waals surface area (Å²) in [6.45, 7) is 3.95. The molecule has 2 aromatic carbocycles. The summed E-state index contributed by atoms with van der Waals surface area (Å²) >= 11 is 1.15. The minimum Gasteiger partial charge on any atom is -0.504 e. The molecule has 0 radical (unpaired) electrons. The maximum atomic E-state index is 12.9. The van der Waals surface area contributed by atoms with Gasteiger partial charge in [0.1, 0.15) is 0 Å². The van der Waals surface area contributed by atoms with Crippen molar-refractivity contribution in [2.24, 2.45) is 0 Å². The number of thiazole rings is 1. The Bertz CT molecular complexity index is 1390. The average Bonchev–Trinajstić information content (AvgIpc) is 3.13. The first kappa shape index (κ1) is 17.9.